The number of amides is 1. The Balaban J connectivity index is 1.19. The highest BCUT2D eigenvalue weighted by Gasteiger charge is 2.14. The van der Waals surface area contributed by atoms with E-state index in [9.17, 15) is 4.79 Å². The third-order valence-electron chi connectivity index (χ3n) is 5.63. The molecule has 7 nitrogen and oxygen atoms in total. The number of aromatic nitrogens is 4. The molecule has 1 N–H and O–H groups in total. The van der Waals surface area contributed by atoms with Gasteiger partial charge in [-0.15, -0.1) is 0 Å². The van der Waals surface area contributed by atoms with Gasteiger partial charge >= 0.3 is 0 Å². The van der Waals surface area contributed by atoms with Gasteiger partial charge in [0.25, 0.3) is 0 Å². The van der Waals surface area contributed by atoms with Crippen molar-refractivity contribution >= 4 is 5.91 Å². The van der Waals surface area contributed by atoms with Crippen molar-refractivity contribution in [2.75, 3.05) is 0 Å². The minimum atomic E-state index is -0.0285. The van der Waals surface area contributed by atoms with Crippen molar-refractivity contribution < 1.29 is 9.32 Å². The molecule has 0 aliphatic rings. The summed E-state index contributed by atoms with van der Waals surface area (Å²) in [5.74, 6) is 1.07. The lowest BCUT2D eigenvalue weighted by Crippen LogP contribution is -2.22. The number of nitrogens with one attached hydrogen (secondary N) is 1. The van der Waals surface area contributed by atoms with Gasteiger partial charge in [-0.1, -0.05) is 84.0 Å². The lowest BCUT2D eigenvalue weighted by atomic mass is 10.1. The molecule has 7 heteroatoms. The third-order valence-corrected chi connectivity index (χ3v) is 5.63. The Hall–Kier alpha value is -4.52. The molecule has 0 aliphatic heterocycles. The van der Waals surface area contributed by atoms with E-state index in [4.69, 9.17) is 9.62 Å². The van der Waals surface area contributed by atoms with Gasteiger partial charge in [0, 0.05) is 42.3 Å². The Kier molecular flexibility index (Phi) is 6.75. The van der Waals surface area contributed by atoms with Crippen molar-refractivity contribution in [1.29, 1.82) is 0 Å². The highest BCUT2D eigenvalue weighted by Crippen LogP contribution is 2.23. The second kappa shape index (κ2) is 10.6. The van der Waals surface area contributed by atoms with E-state index >= 15 is 0 Å². The molecule has 0 spiro atoms. The fraction of sp³-hybridized carbons (Fsp3) is 0.143. The summed E-state index contributed by atoms with van der Waals surface area (Å²) < 4.78 is 7.19. The van der Waals surface area contributed by atoms with E-state index in [-0.39, 0.29) is 5.91 Å². The molecule has 0 saturated heterocycles. The predicted octanol–water partition coefficient (Wildman–Crippen LogP) is 5.23. The van der Waals surface area contributed by atoms with Crippen LogP contribution in [-0.4, -0.2) is 25.8 Å². The van der Waals surface area contributed by atoms with E-state index in [1.807, 2.05) is 102 Å². The topological polar surface area (TPSA) is 85.8 Å². The SMILES string of the molecule is O=C(CCCc1nc(-c2ccccc2)no1)NCc1cn(-c2ccccc2)nc1-c1ccccc1. The van der Waals surface area contributed by atoms with Crippen LogP contribution in [0, 0.1) is 0 Å². The predicted molar refractivity (Wildman–Crippen MR) is 134 cm³/mol. The first-order valence-corrected chi connectivity index (χ1v) is 11.6. The Morgan fingerprint density at radius 2 is 1.51 bits per heavy atom. The van der Waals surface area contributed by atoms with Gasteiger partial charge in [-0.2, -0.15) is 10.1 Å². The molecular formula is C28H25N5O2. The maximum absolute atomic E-state index is 12.6. The average molecular weight is 464 g/mol. The second-order valence-electron chi connectivity index (χ2n) is 8.16. The van der Waals surface area contributed by atoms with Crippen LogP contribution in [-0.2, 0) is 17.8 Å². The van der Waals surface area contributed by atoms with Crippen molar-refractivity contribution in [2.24, 2.45) is 0 Å². The summed E-state index contributed by atoms with van der Waals surface area (Å²) in [6, 6.07) is 29.6. The number of hydrogen-bond donors (Lipinski definition) is 1. The minimum absolute atomic E-state index is 0.0285. The van der Waals surface area contributed by atoms with Gasteiger partial charge in [-0.25, -0.2) is 4.68 Å². The number of benzene rings is 3. The number of carbonyl (C=O) groups excluding carboxylic acids is 1. The zero-order valence-electron chi connectivity index (χ0n) is 19.2. The number of nitrogens with zero attached hydrogens (tertiary/aromatic N) is 4. The molecule has 0 fully saturated rings. The Labute approximate surface area is 203 Å². The maximum atomic E-state index is 12.6. The molecule has 35 heavy (non-hydrogen) atoms. The first-order chi connectivity index (χ1) is 17.3. The quantitative estimate of drug-likeness (QED) is 0.324. The van der Waals surface area contributed by atoms with Gasteiger partial charge in [-0.3, -0.25) is 4.79 Å². The normalized spacial score (nSPS) is 10.9. The monoisotopic (exact) mass is 463 g/mol. The van der Waals surface area contributed by atoms with Crippen LogP contribution in [0.2, 0.25) is 0 Å². The summed E-state index contributed by atoms with van der Waals surface area (Å²) in [5, 5.41) is 11.9. The molecule has 5 aromatic rings. The fourth-order valence-electron chi connectivity index (χ4n) is 3.83. The summed E-state index contributed by atoms with van der Waals surface area (Å²) in [4.78, 5) is 17.0. The zero-order chi connectivity index (χ0) is 23.9. The molecule has 5 rings (SSSR count). The Morgan fingerprint density at radius 3 is 2.23 bits per heavy atom. The number of rotatable bonds is 9. The van der Waals surface area contributed by atoms with E-state index in [0.717, 1.165) is 28.1 Å². The molecule has 2 aromatic heterocycles. The molecule has 0 unspecified atom stereocenters. The maximum Gasteiger partial charge on any atom is 0.226 e. The van der Waals surface area contributed by atoms with Crippen LogP contribution >= 0.6 is 0 Å². The molecule has 3 aromatic carbocycles. The van der Waals surface area contributed by atoms with Crippen LogP contribution in [0.15, 0.2) is 102 Å². The van der Waals surface area contributed by atoms with E-state index in [0.29, 0.717) is 37.5 Å². The summed E-state index contributed by atoms with van der Waals surface area (Å²) >= 11 is 0. The number of carbonyl (C=O) groups is 1. The van der Waals surface area contributed by atoms with Crippen molar-refractivity contribution in [3.8, 4) is 28.3 Å². The lowest BCUT2D eigenvalue weighted by Gasteiger charge is -2.05. The van der Waals surface area contributed by atoms with Gasteiger partial charge in [-0.05, 0) is 18.6 Å². The summed E-state index contributed by atoms with van der Waals surface area (Å²) in [5.41, 5.74) is 4.70. The summed E-state index contributed by atoms with van der Waals surface area (Å²) in [6.45, 7) is 0.397. The van der Waals surface area contributed by atoms with Gasteiger partial charge < -0.3 is 9.84 Å². The van der Waals surface area contributed by atoms with Crippen LogP contribution in [0.1, 0.15) is 24.3 Å². The molecule has 0 saturated carbocycles. The molecule has 0 radical (unpaired) electrons. The number of hydrogen-bond acceptors (Lipinski definition) is 5. The van der Waals surface area contributed by atoms with Gasteiger partial charge in [0.15, 0.2) is 0 Å². The van der Waals surface area contributed by atoms with Gasteiger partial charge in [0.05, 0.1) is 11.4 Å². The van der Waals surface area contributed by atoms with E-state index in [2.05, 4.69) is 15.5 Å². The highest BCUT2D eigenvalue weighted by molar-refractivity contribution is 5.76. The fourth-order valence-corrected chi connectivity index (χ4v) is 3.83. The zero-order valence-corrected chi connectivity index (χ0v) is 19.2. The summed E-state index contributed by atoms with van der Waals surface area (Å²) in [6.07, 6.45) is 3.52. The van der Waals surface area contributed by atoms with Crippen LogP contribution in [0.25, 0.3) is 28.3 Å². The molecular weight excluding hydrogens is 438 g/mol. The first kappa shape index (κ1) is 22.3. The first-order valence-electron chi connectivity index (χ1n) is 11.6. The molecule has 0 bridgehead atoms. The second-order valence-corrected chi connectivity index (χ2v) is 8.16. The van der Waals surface area contributed by atoms with E-state index in [1.165, 1.54) is 0 Å². The van der Waals surface area contributed by atoms with Crippen molar-refractivity contribution in [2.45, 2.75) is 25.8 Å². The largest absolute Gasteiger partial charge is 0.352 e. The van der Waals surface area contributed by atoms with E-state index in [1.54, 1.807) is 0 Å². The van der Waals surface area contributed by atoms with Crippen LogP contribution in [0.3, 0.4) is 0 Å². The highest BCUT2D eigenvalue weighted by atomic mass is 16.5. The summed E-state index contributed by atoms with van der Waals surface area (Å²) in [7, 11) is 0. The van der Waals surface area contributed by atoms with Crippen LogP contribution in [0.4, 0.5) is 0 Å². The van der Waals surface area contributed by atoms with Crippen LogP contribution < -0.4 is 5.32 Å². The third kappa shape index (κ3) is 5.52. The van der Waals surface area contributed by atoms with Gasteiger partial charge in [0.2, 0.25) is 17.6 Å². The molecule has 2 heterocycles. The van der Waals surface area contributed by atoms with Gasteiger partial charge in [0.1, 0.15) is 0 Å². The number of para-hydroxylation sites is 1. The van der Waals surface area contributed by atoms with Crippen LogP contribution in [0.5, 0.6) is 0 Å². The molecule has 174 valence electrons. The van der Waals surface area contributed by atoms with E-state index < -0.39 is 0 Å². The lowest BCUT2D eigenvalue weighted by molar-refractivity contribution is -0.121. The Morgan fingerprint density at radius 1 is 0.857 bits per heavy atom. The standard InChI is InChI=1S/C28H25N5O2/c34-25(17-10-18-26-30-28(32-35-26)22-13-6-2-7-14-22)29-19-23-20-33(24-15-8-3-9-16-24)31-27(23)21-11-4-1-5-12-21/h1-9,11-16,20H,10,17-19H2,(H,29,34). The molecule has 0 aliphatic carbocycles. The minimum Gasteiger partial charge on any atom is -0.352 e. The molecule has 0 atom stereocenters. The smallest absolute Gasteiger partial charge is 0.226 e. The number of aryl methyl sites for hydroxylation is 1. The Bertz CT molecular complexity index is 1380. The van der Waals surface area contributed by atoms with Crippen molar-refractivity contribution in [1.82, 2.24) is 25.2 Å². The van der Waals surface area contributed by atoms with Crippen molar-refractivity contribution in [3.05, 3.63) is 109 Å². The average Bonchev–Trinajstić information content (AvgIpc) is 3.57. The van der Waals surface area contributed by atoms with Crippen molar-refractivity contribution in [3.63, 3.8) is 0 Å². The molecule has 1 amide bonds.